The van der Waals surface area contributed by atoms with Gasteiger partial charge in [0.2, 0.25) is 5.95 Å². The zero-order valence-electron chi connectivity index (χ0n) is 13.1. The predicted octanol–water partition coefficient (Wildman–Crippen LogP) is 4.76. The summed E-state index contributed by atoms with van der Waals surface area (Å²) in [4.78, 5) is 14.3. The monoisotopic (exact) mass is 340 g/mol. The average Bonchev–Trinajstić information content (AvgIpc) is 3.26. The molecule has 0 unspecified atom stereocenters. The van der Waals surface area contributed by atoms with Crippen LogP contribution in [0.4, 0.5) is 10.3 Å². The van der Waals surface area contributed by atoms with Crippen molar-refractivity contribution in [3.05, 3.63) is 47.9 Å². The van der Waals surface area contributed by atoms with Gasteiger partial charge in [0, 0.05) is 17.8 Å². The summed E-state index contributed by atoms with van der Waals surface area (Å²) >= 11 is 1.50. The molecule has 0 atom stereocenters. The first-order valence-electron chi connectivity index (χ1n) is 8.09. The van der Waals surface area contributed by atoms with Crippen LogP contribution in [0.25, 0.3) is 21.8 Å². The topological polar surface area (TPSA) is 50.7 Å². The minimum Gasteiger partial charge on any atom is -0.351 e. The fraction of sp³-hybridized carbons (Fsp3) is 0.278. The molecule has 24 heavy (non-hydrogen) atoms. The Balaban J connectivity index is 1.66. The molecule has 0 bridgehead atoms. The fourth-order valence-corrected chi connectivity index (χ4v) is 3.86. The van der Waals surface area contributed by atoms with Crippen LogP contribution >= 0.6 is 11.3 Å². The van der Waals surface area contributed by atoms with Gasteiger partial charge in [0.1, 0.15) is 5.82 Å². The van der Waals surface area contributed by atoms with Crippen LogP contribution in [0, 0.1) is 5.82 Å². The van der Waals surface area contributed by atoms with Crippen molar-refractivity contribution in [1.82, 2.24) is 15.0 Å². The number of halogens is 1. The first-order chi connectivity index (χ1) is 11.8. The Bertz CT molecular complexity index is 842. The number of aromatic nitrogens is 3. The molecule has 1 aliphatic rings. The summed E-state index contributed by atoms with van der Waals surface area (Å²) in [7, 11) is 0. The normalized spacial score (nSPS) is 14.9. The Morgan fingerprint density at radius 3 is 2.83 bits per heavy atom. The second-order valence-corrected chi connectivity index (χ2v) is 6.79. The molecule has 2 heterocycles. The third-order valence-corrected chi connectivity index (χ3v) is 5.09. The Hall–Kier alpha value is -2.34. The van der Waals surface area contributed by atoms with Gasteiger partial charge >= 0.3 is 0 Å². The number of anilines is 1. The van der Waals surface area contributed by atoms with Crippen molar-refractivity contribution in [2.45, 2.75) is 31.7 Å². The first-order valence-corrected chi connectivity index (χ1v) is 8.97. The Morgan fingerprint density at radius 2 is 2.00 bits per heavy atom. The lowest BCUT2D eigenvalue weighted by Crippen LogP contribution is -2.16. The maximum atomic E-state index is 13.5. The maximum absolute atomic E-state index is 13.5. The van der Waals surface area contributed by atoms with E-state index in [1.807, 2.05) is 12.1 Å². The van der Waals surface area contributed by atoms with Crippen LogP contribution in [-0.2, 0) is 0 Å². The van der Waals surface area contributed by atoms with E-state index >= 15 is 0 Å². The highest BCUT2D eigenvalue weighted by Gasteiger charge is 2.17. The number of nitrogens with one attached hydrogen (secondary N) is 1. The van der Waals surface area contributed by atoms with Gasteiger partial charge in [0.05, 0.1) is 21.8 Å². The molecule has 4 rings (SSSR count). The van der Waals surface area contributed by atoms with Gasteiger partial charge in [-0.05, 0) is 31.0 Å². The van der Waals surface area contributed by atoms with Crippen molar-refractivity contribution in [3.63, 3.8) is 0 Å². The molecule has 122 valence electrons. The largest absolute Gasteiger partial charge is 0.351 e. The highest BCUT2D eigenvalue weighted by atomic mass is 32.1. The molecular formula is C18H17FN4S. The molecular weight excluding hydrogens is 323 g/mol. The van der Waals surface area contributed by atoms with Gasteiger partial charge in [-0.15, -0.1) is 11.3 Å². The minimum atomic E-state index is -0.266. The summed E-state index contributed by atoms with van der Waals surface area (Å²) in [5.74, 6) is 0.385. The molecule has 1 aliphatic carbocycles. The summed E-state index contributed by atoms with van der Waals surface area (Å²) in [6.45, 7) is 0. The molecule has 0 amide bonds. The van der Waals surface area contributed by atoms with Crippen LogP contribution in [0.15, 0.2) is 42.0 Å². The molecule has 0 spiro atoms. The van der Waals surface area contributed by atoms with E-state index in [-0.39, 0.29) is 5.82 Å². The van der Waals surface area contributed by atoms with E-state index in [2.05, 4.69) is 20.3 Å². The van der Waals surface area contributed by atoms with E-state index in [1.54, 1.807) is 17.8 Å². The second kappa shape index (κ2) is 6.65. The van der Waals surface area contributed by atoms with Gasteiger partial charge in [-0.2, -0.15) is 0 Å². The zero-order valence-corrected chi connectivity index (χ0v) is 13.9. The fourth-order valence-electron chi connectivity index (χ4n) is 3.08. The van der Waals surface area contributed by atoms with E-state index in [0.29, 0.717) is 12.0 Å². The van der Waals surface area contributed by atoms with Gasteiger partial charge in [0.25, 0.3) is 0 Å². The summed E-state index contributed by atoms with van der Waals surface area (Å²) in [6.07, 6.45) is 6.62. The average molecular weight is 340 g/mol. The number of nitrogens with zero attached hydrogens (tertiary/aromatic N) is 3. The third-order valence-electron chi connectivity index (χ3n) is 4.24. The van der Waals surface area contributed by atoms with Crippen LogP contribution in [0.3, 0.4) is 0 Å². The Labute approximate surface area is 143 Å². The lowest BCUT2D eigenvalue weighted by Gasteiger charge is -2.12. The van der Waals surface area contributed by atoms with Gasteiger partial charge in [-0.25, -0.2) is 19.3 Å². The lowest BCUT2D eigenvalue weighted by molar-refractivity contribution is 0.628. The lowest BCUT2D eigenvalue weighted by atomic mass is 10.1. The molecule has 3 aromatic rings. The molecule has 0 aliphatic heterocycles. The Morgan fingerprint density at radius 1 is 1.12 bits per heavy atom. The molecule has 1 saturated carbocycles. The van der Waals surface area contributed by atoms with Gasteiger partial charge in [-0.3, -0.25) is 0 Å². The molecule has 0 radical (unpaired) electrons. The number of rotatable bonds is 4. The minimum absolute atomic E-state index is 0.266. The summed E-state index contributed by atoms with van der Waals surface area (Å²) in [5, 5.41) is 3.41. The highest BCUT2D eigenvalue weighted by molar-refractivity contribution is 7.13. The third kappa shape index (κ3) is 3.14. The van der Waals surface area contributed by atoms with E-state index < -0.39 is 0 Å². The molecule has 6 heteroatoms. The highest BCUT2D eigenvalue weighted by Crippen LogP contribution is 2.34. The zero-order chi connectivity index (χ0) is 16.4. The molecule has 4 nitrogen and oxygen atoms in total. The van der Waals surface area contributed by atoms with Crippen molar-refractivity contribution in [2.75, 3.05) is 5.32 Å². The molecule has 1 aromatic carbocycles. The van der Waals surface area contributed by atoms with Crippen LogP contribution in [0.1, 0.15) is 25.7 Å². The SMILES string of the molecule is Fc1cccc(-c2ncsc2-c2ccnc(NC3CCCC3)n2)c1. The van der Waals surface area contributed by atoms with Gasteiger partial charge < -0.3 is 5.32 Å². The molecule has 1 fully saturated rings. The van der Waals surface area contributed by atoms with E-state index in [1.165, 1.54) is 49.2 Å². The summed E-state index contributed by atoms with van der Waals surface area (Å²) < 4.78 is 13.5. The van der Waals surface area contributed by atoms with Crippen molar-refractivity contribution < 1.29 is 4.39 Å². The van der Waals surface area contributed by atoms with E-state index in [0.717, 1.165) is 21.8 Å². The van der Waals surface area contributed by atoms with Gasteiger partial charge in [-0.1, -0.05) is 25.0 Å². The molecule has 1 N–H and O–H groups in total. The summed E-state index contributed by atoms with van der Waals surface area (Å²) in [6, 6.07) is 8.82. The molecule has 2 aromatic heterocycles. The van der Waals surface area contributed by atoms with Crippen molar-refractivity contribution in [2.24, 2.45) is 0 Å². The van der Waals surface area contributed by atoms with E-state index in [9.17, 15) is 4.39 Å². The van der Waals surface area contributed by atoms with E-state index in [4.69, 9.17) is 0 Å². The number of thiazole rings is 1. The smallest absolute Gasteiger partial charge is 0.223 e. The van der Waals surface area contributed by atoms with Gasteiger partial charge in [0.15, 0.2) is 0 Å². The number of hydrogen-bond donors (Lipinski definition) is 1. The standard InChI is InChI=1S/C18H17FN4S/c19-13-5-3-4-12(10-13)16-17(24-11-21-16)15-8-9-20-18(23-15)22-14-6-1-2-7-14/h3-5,8-11,14H,1-2,6-7H2,(H,20,22,23). The maximum Gasteiger partial charge on any atom is 0.223 e. The predicted molar refractivity (Wildman–Crippen MR) is 94.4 cm³/mol. The molecule has 0 saturated heterocycles. The van der Waals surface area contributed by atoms with Crippen molar-refractivity contribution in [1.29, 1.82) is 0 Å². The Kier molecular flexibility index (Phi) is 4.21. The van der Waals surface area contributed by atoms with Crippen LogP contribution in [0.5, 0.6) is 0 Å². The van der Waals surface area contributed by atoms with Crippen LogP contribution in [-0.4, -0.2) is 21.0 Å². The first kappa shape index (κ1) is 15.2. The van der Waals surface area contributed by atoms with Crippen molar-refractivity contribution >= 4 is 17.3 Å². The van der Waals surface area contributed by atoms with Crippen LogP contribution < -0.4 is 5.32 Å². The van der Waals surface area contributed by atoms with Crippen molar-refractivity contribution in [3.8, 4) is 21.8 Å². The van der Waals surface area contributed by atoms with Crippen LogP contribution in [0.2, 0.25) is 0 Å². The second-order valence-electron chi connectivity index (χ2n) is 5.93. The number of hydrogen-bond acceptors (Lipinski definition) is 5. The quantitative estimate of drug-likeness (QED) is 0.744. The number of benzene rings is 1. The summed E-state index contributed by atoms with van der Waals surface area (Å²) in [5.41, 5.74) is 4.09.